The molecule has 0 bridgehead atoms. The predicted octanol–water partition coefficient (Wildman–Crippen LogP) is 5.34. The summed E-state index contributed by atoms with van der Waals surface area (Å²) in [5.41, 5.74) is 5.46. The molecule has 120 valence electrons. The van der Waals surface area contributed by atoms with Gasteiger partial charge in [0.15, 0.2) is 0 Å². The van der Waals surface area contributed by atoms with Crippen LogP contribution in [0.3, 0.4) is 0 Å². The molecular formula is C20H18N2O2. The van der Waals surface area contributed by atoms with Crippen LogP contribution >= 0.6 is 0 Å². The average Bonchev–Trinajstić information content (AvgIpc) is 2.62. The van der Waals surface area contributed by atoms with Gasteiger partial charge in [0.05, 0.1) is 4.92 Å². The van der Waals surface area contributed by atoms with E-state index < -0.39 is 0 Å². The van der Waals surface area contributed by atoms with Crippen LogP contribution in [-0.2, 0) is 0 Å². The minimum Gasteiger partial charge on any atom is -0.344 e. The second kappa shape index (κ2) is 6.54. The number of rotatable bonds is 4. The third-order valence-corrected chi connectivity index (χ3v) is 4.14. The van der Waals surface area contributed by atoms with Crippen LogP contribution in [0.15, 0.2) is 72.8 Å². The Morgan fingerprint density at radius 3 is 2.25 bits per heavy atom. The van der Waals surface area contributed by atoms with Gasteiger partial charge in [0, 0.05) is 30.6 Å². The molecule has 0 aliphatic rings. The first-order valence-corrected chi connectivity index (χ1v) is 7.70. The maximum absolute atomic E-state index is 10.9. The van der Waals surface area contributed by atoms with E-state index in [1.807, 2.05) is 42.3 Å². The SMILES string of the molecule is Cc1ccccc1-c1ccc(N(C)c2cccc([N+](=O)[O-])c2)cc1. The van der Waals surface area contributed by atoms with Gasteiger partial charge in [-0.15, -0.1) is 0 Å². The number of hydrogen-bond acceptors (Lipinski definition) is 3. The Balaban J connectivity index is 1.89. The lowest BCUT2D eigenvalue weighted by Gasteiger charge is -2.19. The van der Waals surface area contributed by atoms with Crippen molar-refractivity contribution in [3.63, 3.8) is 0 Å². The number of non-ortho nitro benzene ring substituents is 1. The van der Waals surface area contributed by atoms with Gasteiger partial charge in [0.1, 0.15) is 0 Å². The lowest BCUT2D eigenvalue weighted by molar-refractivity contribution is -0.384. The van der Waals surface area contributed by atoms with Gasteiger partial charge in [-0.25, -0.2) is 0 Å². The Hall–Kier alpha value is -3.14. The van der Waals surface area contributed by atoms with Crippen molar-refractivity contribution in [2.45, 2.75) is 6.92 Å². The van der Waals surface area contributed by atoms with Gasteiger partial charge in [-0.05, 0) is 41.8 Å². The molecule has 0 radical (unpaired) electrons. The molecule has 3 rings (SSSR count). The average molecular weight is 318 g/mol. The maximum atomic E-state index is 10.9. The van der Waals surface area contributed by atoms with Crippen LogP contribution in [0.1, 0.15) is 5.56 Å². The maximum Gasteiger partial charge on any atom is 0.271 e. The molecule has 0 saturated heterocycles. The molecular weight excluding hydrogens is 300 g/mol. The number of anilines is 2. The van der Waals surface area contributed by atoms with Crippen molar-refractivity contribution in [2.75, 3.05) is 11.9 Å². The molecule has 0 aromatic heterocycles. The summed E-state index contributed by atoms with van der Waals surface area (Å²) in [7, 11) is 1.90. The number of benzene rings is 3. The van der Waals surface area contributed by atoms with Crippen LogP contribution in [0.25, 0.3) is 11.1 Å². The summed E-state index contributed by atoms with van der Waals surface area (Å²) >= 11 is 0. The lowest BCUT2D eigenvalue weighted by atomic mass is 10.0. The summed E-state index contributed by atoms with van der Waals surface area (Å²) in [4.78, 5) is 12.5. The molecule has 0 spiro atoms. The Bertz CT molecular complexity index is 873. The summed E-state index contributed by atoms with van der Waals surface area (Å²) in [6, 6.07) is 23.1. The van der Waals surface area contributed by atoms with Gasteiger partial charge < -0.3 is 4.90 Å². The van der Waals surface area contributed by atoms with Crippen molar-refractivity contribution in [3.05, 3.63) is 88.5 Å². The number of nitro groups is 1. The van der Waals surface area contributed by atoms with Gasteiger partial charge in [0.2, 0.25) is 0 Å². The van der Waals surface area contributed by atoms with Crippen molar-refractivity contribution in [3.8, 4) is 11.1 Å². The molecule has 3 aromatic rings. The molecule has 0 saturated carbocycles. The van der Waals surface area contributed by atoms with E-state index in [2.05, 4.69) is 31.2 Å². The van der Waals surface area contributed by atoms with Gasteiger partial charge in [-0.2, -0.15) is 0 Å². The zero-order valence-corrected chi connectivity index (χ0v) is 13.6. The van der Waals surface area contributed by atoms with Crippen LogP contribution in [-0.4, -0.2) is 12.0 Å². The van der Waals surface area contributed by atoms with Crippen molar-refractivity contribution in [1.82, 2.24) is 0 Å². The number of hydrogen-bond donors (Lipinski definition) is 0. The standard InChI is InChI=1S/C20H18N2O2/c1-15-6-3-4-9-20(15)16-10-12-17(13-11-16)21(2)18-7-5-8-19(14-18)22(23)24/h3-14H,1-2H3. The third kappa shape index (κ3) is 3.13. The van der Waals surface area contributed by atoms with Gasteiger partial charge in [0.25, 0.3) is 5.69 Å². The topological polar surface area (TPSA) is 46.4 Å². The van der Waals surface area contributed by atoms with Gasteiger partial charge in [-0.1, -0.05) is 42.5 Å². The second-order valence-electron chi connectivity index (χ2n) is 5.70. The molecule has 0 N–H and O–H groups in total. The van der Waals surface area contributed by atoms with E-state index >= 15 is 0 Å². The summed E-state index contributed by atoms with van der Waals surface area (Å²) in [6.45, 7) is 2.10. The van der Waals surface area contributed by atoms with E-state index in [9.17, 15) is 10.1 Å². The van der Waals surface area contributed by atoms with Crippen LogP contribution in [0.4, 0.5) is 17.1 Å². The molecule has 4 nitrogen and oxygen atoms in total. The zero-order valence-electron chi connectivity index (χ0n) is 13.6. The third-order valence-electron chi connectivity index (χ3n) is 4.14. The number of nitro benzene ring substituents is 1. The summed E-state index contributed by atoms with van der Waals surface area (Å²) in [6.07, 6.45) is 0. The van der Waals surface area contributed by atoms with E-state index in [1.54, 1.807) is 12.1 Å². The van der Waals surface area contributed by atoms with Crippen LogP contribution in [0, 0.1) is 17.0 Å². The summed E-state index contributed by atoms with van der Waals surface area (Å²) in [5, 5.41) is 10.9. The van der Waals surface area contributed by atoms with E-state index in [1.165, 1.54) is 17.2 Å². The van der Waals surface area contributed by atoms with Crippen molar-refractivity contribution in [2.24, 2.45) is 0 Å². The minimum atomic E-state index is -0.376. The quantitative estimate of drug-likeness (QED) is 0.482. The molecule has 0 amide bonds. The highest BCUT2D eigenvalue weighted by molar-refractivity contribution is 5.71. The Kier molecular flexibility index (Phi) is 4.29. The molecule has 24 heavy (non-hydrogen) atoms. The molecule has 4 heteroatoms. The fourth-order valence-corrected chi connectivity index (χ4v) is 2.73. The van der Waals surface area contributed by atoms with Crippen molar-refractivity contribution in [1.29, 1.82) is 0 Å². The van der Waals surface area contributed by atoms with Gasteiger partial charge >= 0.3 is 0 Å². The smallest absolute Gasteiger partial charge is 0.271 e. The summed E-state index contributed by atoms with van der Waals surface area (Å²) in [5.74, 6) is 0. The molecule has 0 aliphatic heterocycles. The Morgan fingerprint density at radius 1 is 0.875 bits per heavy atom. The first kappa shape index (κ1) is 15.7. The molecule has 0 fully saturated rings. The first-order chi connectivity index (χ1) is 11.6. The minimum absolute atomic E-state index is 0.0934. The van der Waals surface area contributed by atoms with E-state index in [-0.39, 0.29) is 10.6 Å². The van der Waals surface area contributed by atoms with E-state index in [0.29, 0.717) is 0 Å². The van der Waals surface area contributed by atoms with Gasteiger partial charge in [-0.3, -0.25) is 10.1 Å². The zero-order chi connectivity index (χ0) is 17.1. The highest BCUT2D eigenvalue weighted by atomic mass is 16.6. The van der Waals surface area contributed by atoms with Crippen LogP contribution in [0.5, 0.6) is 0 Å². The normalized spacial score (nSPS) is 10.4. The highest BCUT2D eigenvalue weighted by Crippen LogP contribution is 2.29. The van der Waals surface area contributed by atoms with E-state index in [0.717, 1.165) is 16.9 Å². The number of nitrogens with zero attached hydrogens (tertiary/aromatic N) is 2. The van der Waals surface area contributed by atoms with Crippen molar-refractivity contribution < 1.29 is 4.92 Å². The molecule has 0 heterocycles. The van der Waals surface area contributed by atoms with E-state index in [4.69, 9.17) is 0 Å². The molecule has 0 atom stereocenters. The lowest BCUT2D eigenvalue weighted by Crippen LogP contribution is -2.09. The molecule has 0 aliphatic carbocycles. The summed E-state index contributed by atoms with van der Waals surface area (Å²) < 4.78 is 0. The largest absolute Gasteiger partial charge is 0.344 e. The van der Waals surface area contributed by atoms with Crippen molar-refractivity contribution >= 4 is 17.1 Å². The molecule has 0 unspecified atom stereocenters. The fraction of sp³-hybridized carbons (Fsp3) is 0.100. The predicted molar refractivity (Wildman–Crippen MR) is 97.8 cm³/mol. The highest BCUT2D eigenvalue weighted by Gasteiger charge is 2.10. The fourth-order valence-electron chi connectivity index (χ4n) is 2.73. The Labute approximate surface area is 141 Å². The first-order valence-electron chi connectivity index (χ1n) is 7.70. The van der Waals surface area contributed by atoms with Crippen LogP contribution < -0.4 is 4.90 Å². The second-order valence-corrected chi connectivity index (χ2v) is 5.70. The van der Waals surface area contributed by atoms with Crippen LogP contribution in [0.2, 0.25) is 0 Å². The number of aryl methyl sites for hydroxylation is 1. The molecule has 3 aromatic carbocycles. The Morgan fingerprint density at radius 2 is 1.58 bits per heavy atom. The monoisotopic (exact) mass is 318 g/mol.